The van der Waals surface area contributed by atoms with Crippen LogP contribution in [0.3, 0.4) is 0 Å². The Balaban J connectivity index is 2.11. The number of ether oxygens (including phenoxy) is 1. The van der Waals surface area contributed by atoms with Crippen molar-refractivity contribution in [3.05, 3.63) is 34.0 Å². The normalized spacial score (nSPS) is 11.1. The highest BCUT2D eigenvalue weighted by Gasteiger charge is 2.14. The number of hydrogen-bond donors (Lipinski definition) is 1. The number of carboxylic acids is 1. The van der Waals surface area contributed by atoms with Crippen LogP contribution in [0.2, 0.25) is 0 Å². The van der Waals surface area contributed by atoms with Gasteiger partial charge in [0.05, 0.1) is 6.61 Å². The molecule has 6 heteroatoms. The molecule has 0 fully saturated rings. The highest BCUT2D eigenvalue weighted by atomic mass is 32.1. The Labute approximate surface area is 122 Å². The molecule has 0 bridgehead atoms. The minimum Gasteiger partial charge on any atom is -0.477 e. The van der Waals surface area contributed by atoms with Crippen LogP contribution in [0.5, 0.6) is 0 Å². The number of esters is 1. The standard InChI is InChI=1S/C14H10O4S2/c1-2-18-14(17)12-6-8-4-9-7(3-10(8)20-12)5-11(19-9)13(15)16/h3-6H,2H2,1H3,(H,15,16). The van der Waals surface area contributed by atoms with Gasteiger partial charge in [0.25, 0.3) is 0 Å². The lowest BCUT2D eigenvalue weighted by molar-refractivity contribution is 0.0531. The van der Waals surface area contributed by atoms with Crippen LogP contribution in [-0.2, 0) is 4.74 Å². The summed E-state index contributed by atoms with van der Waals surface area (Å²) in [5.74, 6) is -1.23. The largest absolute Gasteiger partial charge is 0.477 e. The first-order valence-corrected chi connectivity index (χ1v) is 7.59. The Hall–Kier alpha value is -1.92. The molecule has 0 spiro atoms. The third kappa shape index (κ3) is 2.17. The molecule has 0 atom stereocenters. The number of thiophene rings is 2. The second kappa shape index (κ2) is 4.88. The van der Waals surface area contributed by atoms with Gasteiger partial charge in [-0.05, 0) is 42.0 Å². The maximum atomic E-state index is 11.7. The van der Waals surface area contributed by atoms with Crippen molar-refractivity contribution in [2.45, 2.75) is 6.92 Å². The van der Waals surface area contributed by atoms with E-state index in [0.29, 0.717) is 16.4 Å². The van der Waals surface area contributed by atoms with Crippen molar-refractivity contribution in [1.29, 1.82) is 0 Å². The molecule has 0 saturated heterocycles. The second-order valence-corrected chi connectivity index (χ2v) is 6.34. The van der Waals surface area contributed by atoms with E-state index in [9.17, 15) is 9.59 Å². The van der Waals surface area contributed by atoms with Gasteiger partial charge >= 0.3 is 11.9 Å². The fourth-order valence-electron chi connectivity index (χ4n) is 1.98. The lowest BCUT2D eigenvalue weighted by Crippen LogP contribution is -2.01. The highest BCUT2D eigenvalue weighted by molar-refractivity contribution is 7.22. The summed E-state index contributed by atoms with van der Waals surface area (Å²) < 4.78 is 6.84. The van der Waals surface area contributed by atoms with Gasteiger partial charge in [-0.25, -0.2) is 9.59 Å². The SMILES string of the molecule is CCOC(=O)c1cc2cc3sc(C(=O)O)cc3cc2s1. The number of hydrogen-bond acceptors (Lipinski definition) is 5. The van der Waals surface area contributed by atoms with Crippen LogP contribution >= 0.6 is 22.7 Å². The van der Waals surface area contributed by atoms with Crippen LogP contribution in [-0.4, -0.2) is 23.7 Å². The topological polar surface area (TPSA) is 63.6 Å². The summed E-state index contributed by atoms with van der Waals surface area (Å²) in [6, 6.07) is 7.28. The fraction of sp³-hybridized carbons (Fsp3) is 0.143. The minimum absolute atomic E-state index is 0.316. The first-order valence-electron chi connectivity index (χ1n) is 5.96. The number of benzene rings is 1. The van der Waals surface area contributed by atoms with E-state index < -0.39 is 5.97 Å². The van der Waals surface area contributed by atoms with E-state index in [4.69, 9.17) is 9.84 Å². The molecular formula is C14H10O4S2. The monoisotopic (exact) mass is 306 g/mol. The molecule has 0 aliphatic carbocycles. The van der Waals surface area contributed by atoms with Crippen LogP contribution < -0.4 is 0 Å². The average Bonchev–Trinajstić information content (AvgIpc) is 2.98. The summed E-state index contributed by atoms with van der Waals surface area (Å²) in [5.41, 5.74) is 0. The van der Waals surface area contributed by atoms with Crippen LogP contribution in [0.4, 0.5) is 0 Å². The van der Waals surface area contributed by atoms with Gasteiger partial charge in [0.2, 0.25) is 0 Å². The maximum absolute atomic E-state index is 11.7. The second-order valence-electron chi connectivity index (χ2n) is 4.17. The van der Waals surface area contributed by atoms with E-state index in [2.05, 4.69) is 0 Å². The number of rotatable bonds is 3. The van der Waals surface area contributed by atoms with E-state index in [-0.39, 0.29) is 5.97 Å². The smallest absolute Gasteiger partial charge is 0.348 e. The summed E-state index contributed by atoms with van der Waals surface area (Å²) in [6.45, 7) is 2.12. The maximum Gasteiger partial charge on any atom is 0.348 e. The van der Waals surface area contributed by atoms with Crippen molar-refractivity contribution in [3.63, 3.8) is 0 Å². The first-order chi connectivity index (χ1) is 9.58. The number of carboxylic acid groups (broad SMARTS) is 1. The molecule has 3 rings (SSSR count). The van der Waals surface area contributed by atoms with Crippen molar-refractivity contribution in [2.75, 3.05) is 6.61 Å². The van der Waals surface area contributed by atoms with Gasteiger partial charge in [-0.1, -0.05) is 0 Å². The van der Waals surface area contributed by atoms with Crippen molar-refractivity contribution < 1.29 is 19.4 Å². The Morgan fingerprint density at radius 3 is 2.15 bits per heavy atom. The zero-order chi connectivity index (χ0) is 14.3. The summed E-state index contributed by atoms with van der Waals surface area (Å²) in [4.78, 5) is 23.6. The molecule has 0 aliphatic rings. The number of carbonyl (C=O) groups excluding carboxylic acids is 1. The van der Waals surface area contributed by atoms with Gasteiger partial charge < -0.3 is 9.84 Å². The van der Waals surface area contributed by atoms with E-state index in [0.717, 1.165) is 20.2 Å². The van der Waals surface area contributed by atoms with Gasteiger partial charge in [0.15, 0.2) is 0 Å². The Kier molecular flexibility index (Phi) is 3.19. The number of carbonyl (C=O) groups is 2. The molecule has 1 aromatic carbocycles. The van der Waals surface area contributed by atoms with Gasteiger partial charge in [-0.2, -0.15) is 0 Å². The zero-order valence-corrected chi connectivity index (χ0v) is 12.1. The predicted octanol–water partition coefficient (Wildman–Crippen LogP) is 3.99. The molecule has 1 N–H and O–H groups in total. The first kappa shape index (κ1) is 13.1. The molecule has 2 heterocycles. The van der Waals surface area contributed by atoms with E-state index in [1.165, 1.54) is 22.7 Å². The average molecular weight is 306 g/mol. The molecular weight excluding hydrogens is 296 g/mol. The summed E-state index contributed by atoms with van der Waals surface area (Å²) in [7, 11) is 0. The van der Waals surface area contributed by atoms with E-state index >= 15 is 0 Å². The quantitative estimate of drug-likeness (QED) is 0.743. The lowest BCUT2D eigenvalue weighted by atomic mass is 10.2. The van der Waals surface area contributed by atoms with Crippen molar-refractivity contribution >= 4 is 54.8 Å². The van der Waals surface area contributed by atoms with E-state index in [1.54, 1.807) is 19.1 Å². The number of aromatic carboxylic acids is 1. The molecule has 0 radical (unpaired) electrons. The van der Waals surface area contributed by atoms with Crippen LogP contribution in [0.25, 0.3) is 20.2 Å². The molecule has 0 amide bonds. The molecule has 0 saturated carbocycles. The lowest BCUT2D eigenvalue weighted by Gasteiger charge is -1.95. The van der Waals surface area contributed by atoms with Gasteiger partial charge in [0.1, 0.15) is 9.75 Å². The molecule has 0 unspecified atom stereocenters. The Morgan fingerprint density at radius 1 is 1.05 bits per heavy atom. The van der Waals surface area contributed by atoms with Crippen LogP contribution in [0, 0.1) is 0 Å². The van der Waals surface area contributed by atoms with Crippen molar-refractivity contribution in [2.24, 2.45) is 0 Å². The van der Waals surface area contributed by atoms with Crippen LogP contribution in [0.1, 0.15) is 26.3 Å². The van der Waals surface area contributed by atoms with Crippen molar-refractivity contribution in [3.8, 4) is 0 Å². The third-order valence-electron chi connectivity index (χ3n) is 2.84. The van der Waals surface area contributed by atoms with Crippen molar-refractivity contribution in [1.82, 2.24) is 0 Å². The fourth-order valence-corrected chi connectivity index (χ4v) is 3.90. The molecule has 2 aromatic heterocycles. The highest BCUT2D eigenvalue weighted by Crippen LogP contribution is 2.34. The molecule has 4 nitrogen and oxygen atoms in total. The Bertz CT molecular complexity index is 777. The van der Waals surface area contributed by atoms with Gasteiger partial charge in [-0.3, -0.25) is 0 Å². The zero-order valence-electron chi connectivity index (χ0n) is 10.5. The predicted molar refractivity (Wildman–Crippen MR) is 80.1 cm³/mol. The molecule has 102 valence electrons. The summed E-state index contributed by atoms with van der Waals surface area (Å²) >= 11 is 2.60. The summed E-state index contributed by atoms with van der Waals surface area (Å²) in [6.07, 6.45) is 0. The Morgan fingerprint density at radius 2 is 1.60 bits per heavy atom. The molecule has 20 heavy (non-hydrogen) atoms. The van der Waals surface area contributed by atoms with E-state index in [1.807, 2.05) is 12.1 Å². The van der Waals surface area contributed by atoms with Crippen LogP contribution in [0.15, 0.2) is 24.3 Å². The molecule has 0 aliphatic heterocycles. The third-order valence-corrected chi connectivity index (χ3v) is 5.01. The number of fused-ring (bicyclic) bond motifs is 2. The summed E-state index contributed by atoms with van der Waals surface area (Å²) in [5, 5.41) is 10.8. The van der Waals surface area contributed by atoms with Gasteiger partial charge in [-0.15, -0.1) is 22.7 Å². The molecule has 3 aromatic rings. The van der Waals surface area contributed by atoms with Gasteiger partial charge in [0, 0.05) is 9.40 Å². The minimum atomic E-state index is -0.915.